The number of hydrogen-bond acceptors (Lipinski definition) is 0. The van der Waals surface area contributed by atoms with E-state index in [0.717, 1.165) is 0 Å². The zero-order valence-electron chi connectivity index (χ0n) is 2.96. The second-order valence-electron chi connectivity index (χ2n) is 0. The molecule has 0 saturated carbocycles. The van der Waals surface area contributed by atoms with Gasteiger partial charge >= 0.3 is 71.2 Å². The van der Waals surface area contributed by atoms with Gasteiger partial charge in [0.15, 0.2) is 0 Å². The Labute approximate surface area is 120 Å². The summed E-state index contributed by atoms with van der Waals surface area (Å²) in [6.45, 7) is 0. The summed E-state index contributed by atoms with van der Waals surface area (Å²) in [5, 5.41) is 0. The van der Waals surface area contributed by atoms with Crippen LogP contribution in [0.25, 0.3) is 0 Å². The Kier molecular flexibility index (Phi) is 370. The first kappa shape index (κ1) is 56.5. The predicted octanol–water partition coefficient (Wildman–Crippen LogP) is -0.356. The summed E-state index contributed by atoms with van der Waals surface area (Å²) in [5.74, 6) is 0. The average Bonchev–Trinajstić information content (AvgIpc) is 0. The van der Waals surface area contributed by atoms with E-state index < -0.39 is 0 Å². The van der Waals surface area contributed by atoms with Gasteiger partial charge in [0.05, 0.1) is 0 Å². The second-order valence-corrected chi connectivity index (χ2v) is 0. The maximum absolute atomic E-state index is 0. The van der Waals surface area contributed by atoms with Crippen LogP contribution >= 0.6 is 0 Å². The molecule has 6 heteroatoms. The van der Waals surface area contributed by atoms with Crippen molar-refractivity contribution < 1.29 is 123 Å². The van der Waals surface area contributed by atoms with Crippen LogP contribution < -0.4 is 0 Å². The Morgan fingerprint density at radius 2 is 0.500 bits per heavy atom. The van der Waals surface area contributed by atoms with Gasteiger partial charge in [-0.1, -0.05) is 0 Å². The summed E-state index contributed by atoms with van der Waals surface area (Å²) in [6.07, 6.45) is 0. The molecule has 0 aromatic heterocycles. The van der Waals surface area contributed by atoms with Crippen molar-refractivity contribution in [3.05, 3.63) is 0 Å². The van der Waals surface area contributed by atoms with Gasteiger partial charge < -0.3 is 16.4 Å². The van der Waals surface area contributed by atoms with Gasteiger partial charge in [-0.05, 0) is 0 Å². The summed E-state index contributed by atoms with van der Waals surface area (Å²) in [5.41, 5.74) is 0. The molecule has 0 fully saturated rings. The smallest absolute Gasteiger partial charge is 2.00 e. The Morgan fingerprint density at radius 3 is 0.500 bits per heavy atom. The molecule has 0 aliphatic carbocycles. The molecule has 0 spiro atoms. The van der Waals surface area contributed by atoms with Crippen LogP contribution in [0.2, 0.25) is 0 Å². The van der Waals surface area contributed by atoms with Crippen LogP contribution in [0, 0.1) is 107 Å². The van der Waals surface area contributed by atoms with Gasteiger partial charge in [0.1, 0.15) is 0 Å². The molecule has 0 rings (SSSR count). The van der Waals surface area contributed by atoms with E-state index in [9.17, 15) is 0 Å². The Bertz CT molecular complexity index is 6.00. The van der Waals surface area contributed by atoms with E-state index >= 15 is 0 Å². The molecular weight excluding hydrogens is 465 g/mol. The first-order valence-corrected chi connectivity index (χ1v) is 0. The van der Waals surface area contributed by atoms with Crippen LogP contribution in [0.15, 0.2) is 0 Å². The Hall–Kier alpha value is 3.46. The summed E-state index contributed by atoms with van der Waals surface area (Å²) in [7, 11) is 0. The van der Waals surface area contributed by atoms with E-state index in [2.05, 4.69) is 0 Å². The van der Waals surface area contributed by atoms with Crippen molar-refractivity contribution in [2.75, 3.05) is 0 Å². The molecule has 0 heterocycles. The van der Waals surface area contributed by atoms with Crippen molar-refractivity contribution in [3.63, 3.8) is 0 Å². The average molecular weight is 465 g/mol. The minimum Gasteiger partial charge on any atom is -2.00 e. The molecule has 0 saturated heterocycles. The Balaban J connectivity index is 0. The molecule has 3 nitrogen and oxygen atoms in total. The van der Waals surface area contributed by atoms with E-state index in [0.29, 0.717) is 0 Å². The molecule has 0 amide bonds. The second kappa shape index (κ2) is 39.3. The van der Waals surface area contributed by atoms with E-state index in [1.165, 1.54) is 0 Å². The fourth-order valence-electron chi connectivity index (χ4n) is 0. The molecule has 0 atom stereocenters. The monoisotopic (exact) mass is 465 g/mol. The summed E-state index contributed by atoms with van der Waals surface area (Å²) in [4.78, 5) is 0. The molecule has 0 aromatic rings. The quantitative estimate of drug-likeness (QED) is 0.469. The van der Waals surface area contributed by atoms with E-state index in [-0.39, 0.29) is 123 Å². The van der Waals surface area contributed by atoms with Gasteiger partial charge in [-0.3, -0.25) is 0 Å². The van der Waals surface area contributed by atoms with Crippen LogP contribution in [0.4, 0.5) is 0 Å². The SMILES string of the molecule is [La+3].[La+3].[La].[O-2].[O-2].[O-2]. The summed E-state index contributed by atoms with van der Waals surface area (Å²) >= 11 is 0. The molecule has 0 N–H and O–H groups in total. The maximum atomic E-state index is 0. The van der Waals surface area contributed by atoms with Crippen molar-refractivity contribution in [2.45, 2.75) is 0 Å². The van der Waals surface area contributed by atoms with Crippen molar-refractivity contribution in [3.8, 4) is 0 Å². The molecule has 6 heavy (non-hydrogen) atoms. The van der Waals surface area contributed by atoms with Crippen LogP contribution in [0.5, 0.6) is 0 Å². The molecule has 1 radical (unpaired) electrons. The number of hydrogen-bond donors (Lipinski definition) is 0. The third-order valence-corrected chi connectivity index (χ3v) is 0. The normalized spacial score (nSPS) is 0. The first-order chi connectivity index (χ1) is 0. The zero-order valence-corrected chi connectivity index (χ0v) is 13.8. The minimum atomic E-state index is 0. The summed E-state index contributed by atoms with van der Waals surface area (Å²) < 4.78 is 0. The molecule has 0 aliphatic rings. The van der Waals surface area contributed by atoms with Crippen molar-refractivity contribution in [1.29, 1.82) is 0 Å². The van der Waals surface area contributed by atoms with Gasteiger partial charge in [0.2, 0.25) is 0 Å². The fraction of sp³-hybridized carbons (Fsp3) is 0. The van der Waals surface area contributed by atoms with E-state index in [1.54, 1.807) is 0 Å². The van der Waals surface area contributed by atoms with Crippen LogP contribution in [0.1, 0.15) is 0 Å². The van der Waals surface area contributed by atoms with Gasteiger partial charge in [0.25, 0.3) is 0 Å². The Morgan fingerprint density at radius 1 is 0.500 bits per heavy atom. The number of rotatable bonds is 0. The standard InChI is InChI=1S/3La.3O/q;2*+3;3*-2. The molecule has 0 aliphatic heterocycles. The van der Waals surface area contributed by atoms with Crippen molar-refractivity contribution >= 4 is 0 Å². The van der Waals surface area contributed by atoms with Gasteiger partial charge in [0, 0.05) is 35.6 Å². The van der Waals surface area contributed by atoms with Crippen molar-refractivity contribution in [2.24, 2.45) is 0 Å². The largest absolute Gasteiger partial charge is 3.00 e. The molecule has 27 valence electrons. The maximum Gasteiger partial charge on any atom is 3.00 e. The van der Waals surface area contributed by atoms with Crippen LogP contribution in [-0.4, -0.2) is 0 Å². The third-order valence-electron chi connectivity index (χ3n) is 0. The third kappa shape index (κ3) is 26.0. The zero-order chi connectivity index (χ0) is 0. The minimum absolute atomic E-state index is 0. The predicted molar refractivity (Wildman–Crippen MR) is 2.06 cm³/mol. The van der Waals surface area contributed by atoms with E-state index in [4.69, 9.17) is 0 Å². The topological polar surface area (TPSA) is 85.5 Å². The van der Waals surface area contributed by atoms with Gasteiger partial charge in [-0.15, -0.1) is 0 Å². The fourth-order valence-corrected chi connectivity index (χ4v) is 0. The van der Waals surface area contributed by atoms with Crippen molar-refractivity contribution in [1.82, 2.24) is 0 Å². The molecule has 0 bridgehead atoms. The molecule has 0 aromatic carbocycles. The first-order valence-electron chi connectivity index (χ1n) is 0. The van der Waals surface area contributed by atoms with E-state index in [1.807, 2.05) is 0 Å². The summed E-state index contributed by atoms with van der Waals surface area (Å²) in [6, 6.07) is 0. The van der Waals surface area contributed by atoms with Gasteiger partial charge in [-0.25, -0.2) is 0 Å². The molecule has 0 unspecified atom stereocenters. The molecular formula is La3O3. The van der Waals surface area contributed by atoms with Crippen LogP contribution in [-0.2, 0) is 16.4 Å². The van der Waals surface area contributed by atoms with Gasteiger partial charge in [-0.2, -0.15) is 0 Å². The van der Waals surface area contributed by atoms with Crippen LogP contribution in [0.3, 0.4) is 0 Å².